The molecule has 1 N–H and O–H groups in total. The van der Waals surface area contributed by atoms with E-state index in [1.807, 2.05) is 19.1 Å². The first kappa shape index (κ1) is 20.5. The highest BCUT2D eigenvalue weighted by Gasteiger charge is 2.19. The highest BCUT2D eigenvalue weighted by Crippen LogP contribution is 2.38. The third-order valence-corrected chi connectivity index (χ3v) is 6.99. The maximum Gasteiger partial charge on any atom is 0.231 e. The zero-order chi connectivity index (χ0) is 22.5. The van der Waals surface area contributed by atoms with Crippen LogP contribution in [-0.2, 0) is 21.1 Å². The molecule has 2 aromatic carbocycles. The van der Waals surface area contributed by atoms with Crippen LogP contribution < -0.4 is 14.8 Å². The van der Waals surface area contributed by atoms with Gasteiger partial charge in [0.2, 0.25) is 17.8 Å². The average molecular weight is 471 g/mol. The predicted molar refractivity (Wildman–Crippen MR) is 119 cm³/mol. The number of amides is 1. The summed E-state index contributed by atoms with van der Waals surface area (Å²) < 4.78 is 36.5. The number of carbonyl (C=O) groups excluding carboxylic acids is 1. The Morgan fingerprint density at radius 3 is 2.59 bits per heavy atom. The van der Waals surface area contributed by atoms with Crippen molar-refractivity contribution in [3.8, 4) is 16.6 Å². The lowest BCUT2D eigenvalue weighted by Crippen LogP contribution is -2.17. The summed E-state index contributed by atoms with van der Waals surface area (Å²) in [5.41, 5.74) is 2.18. The van der Waals surface area contributed by atoms with Crippen molar-refractivity contribution < 1.29 is 22.7 Å². The van der Waals surface area contributed by atoms with E-state index >= 15 is 0 Å². The number of sulfone groups is 1. The van der Waals surface area contributed by atoms with Gasteiger partial charge in [0, 0.05) is 24.5 Å². The number of fused-ring (bicyclic) bond motifs is 2. The van der Waals surface area contributed by atoms with Gasteiger partial charge >= 0.3 is 0 Å². The van der Waals surface area contributed by atoms with E-state index in [4.69, 9.17) is 9.47 Å². The molecule has 1 aliphatic rings. The fraction of sp³-hybridized carbons (Fsp3) is 0.190. The number of nitrogens with one attached hydrogen (secondary N) is 1. The third-order valence-electron chi connectivity index (χ3n) is 4.87. The minimum atomic E-state index is -3.28. The molecule has 32 heavy (non-hydrogen) atoms. The van der Waals surface area contributed by atoms with Crippen molar-refractivity contribution in [2.45, 2.75) is 18.2 Å². The van der Waals surface area contributed by atoms with Gasteiger partial charge < -0.3 is 14.8 Å². The highest BCUT2D eigenvalue weighted by atomic mass is 32.2. The molecule has 9 nitrogen and oxygen atoms in total. The first-order valence-corrected chi connectivity index (χ1v) is 12.3. The van der Waals surface area contributed by atoms with Gasteiger partial charge in [-0.3, -0.25) is 4.79 Å². The molecule has 0 saturated heterocycles. The summed E-state index contributed by atoms with van der Waals surface area (Å²) in [5, 5.41) is 7.95. The van der Waals surface area contributed by atoms with Gasteiger partial charge in [-0.05, 0) is 24.6 Å². The van der Waals surface area contributed by atoms with Gasteiger partial charge in [-0.1, -0.05) is 23.5 Å². The second-order valence-electron chi connectivity index (χ2n) is 7.39. The molecule has 0 saturated carbocycles. The lowest BCUT2D eigenvalue weighted by molar-refractivity contribution is -0.115. The summed E-state index contributed by atoms with van der Waals surface area (Å²) in [6.07, 6.45) is 1.24. The Balaban J connectivity index is 1.38. The zero-order valence-corrected chi connectivity index (χ0v) is 18.8. The molecule has 1 aliphatic heterocycles. The number of hydrogen-bond donors (Lipinski definition) is 1. The SMILES string of the molecule is Cc1cc(NC(=O)Cc2ccc(S(C)(=O)=O)cc2)n(-c2nc3cc4c(cc3s2)OCO4)n1. The van der Waals surface area contributed by atoms with E-state index in [0.717, 1.165) is 22.2 Å². The Labute approximate surface area is 187 Å². The van der Waals surface area contributed by atoms with Crippen LogP contribution in [0.2, 0.25) is 0 Å². The quantitative estimate of drug-likeness (QED) is 0.477. The van der Waals surface area contributed by atoms with E-state index in [2.05, 4.69) is 15.4 Å². The van der Waals surface area contributed by atoms with Crippen LogP contribution in [0, 0.1) is 6.92 Å². The minimum Gasteiger partial charge on any atom is -0.454 e. The van der Waals surface area contributed by atoms with E-state index in [-0.39, 0.29) is 24.0 Å². The van der Waals surface area contributed by atoms with E-state index in [9.17, 15) is 13.2 Å². The van der Waals surface area contributed by atoms with Crippen LogP contribution in [0.1, 0.15) is 11.3 Å². The monoisotopic (exact) mass is 470 g/mol. The number of aromatic nitrogens is 3. The van der Waals surface area contributed by atoms with Crippen molar-refractivity contribution in [1.29, 1.82) is 0 Å². The van der Waals surface area contributed by atoms with Gasteiger partial charge in [0.15, 0.2) is 21.3 Å². The Hall–Kier alpha value is -3.44. The lowest BCUT2D eigenvalue weighted by atomic mass is 10.1. The Kier molecular flexibility index (Phi) is 4.86. The highest BCUT2D eigenvalue weighted by molar-refractivity contribution is 7.90. The molecule has 0 atom stereocenters. The van der Waals surface area contributed by atoms with Crippen molar-refractivity contribution in [2.24, 2.45) is 0 Å². The maximum atomic E-state index is 12.6. The smallest absolute Gasteiger partial charge is 0.231 e. The number of rotatable bonds is 5. The third kappa shape index (κ3) is 3.92. The predicted octanol–water partition coefficient (Wildman–Crippen LogP) is 3.10. The Morgan fingerprint density at radius 1 is 1.16 bits per heavy atom. The Morgan fingerprint density at radius 2 is 1.88 bits per heavy atom. The van der Waals surface area contributed by atoms with E-state index in [0.29, 0.717) is 28.0 Å². The number of anilines is 1. The molecular weight excluding hydrogens is 452 g/mol. The van der Waals surface area contributed by atoms with E-state index < -0.39 is 9.84 Å². The molecule has 1 amide bonds. The maximum absolute atomic E-state index is 12.6. The lowest BCUT2D eigenvalue weighted by Gasteiger charge is -2.07. The second-order valence-corrected chi connectivity index (χ2v) is 10.4. The molecule has 164 valence electrons. The number of aryl methyl sites for hydroxylation is 1. The van der Waals surface area contributed by atoms with Gasteiger partial charge in [-0.15, -0.1) is 0 Å². The number of hydrogen-bond acceptors (Lipinski definition) is 8. The summed E-state index contributed by atoms with van der Waals surface area (Å²) in [7, 11) is -3.28. The minimum absolute atomic E-state index is 0.0928. The average Bonchev–Trinajstić information content (AvgIpc) is 3.43. The normalized spacial score (nSPS) is 12.9. The summed E-state index contributed by atoms with van der Waals surface area (Å²) >= 11 is 1.42. The molecule has 3 heterocycles. The Bertz CT molecular complexity index is 1410. The van der Waals surface area contributed by atoms with Crippen molar-refractivity contribution >= 4 is 43.1 Å². The second kappa shape index (κ2) is 7.61. The van der Waals surface area contributed by atoms with Crippen molar-refractivity contribution in [2.75, 3.05) is 18.4 Å². The summed E-state index contributed by atoms with van der Waals surface area (Å²) in [5.74, 6) is 1.58. The van der Waals surface area contributed by atoms with Crippen LogP contribution >= 0.6 is 11.3 Å². The van der Waals surface area contributed by atoms with Gasteiger partial charge in [0.05, 0.1) is 27.2 Å². The van der Waals surface area contributed by atoms with Gasteiger partial charge in [-0.25, -0.2) is 13.4 Å². The van der Waals surface area contributed by atoms with E-state index in [1.54, 1.807) is 22.9 Å². The van der Waals surface area contributed by atoms with Gasteiger partial charge in [0.25, 0.3) is 0 Å². The molecule has 0 aliphatic carbocycles. The number of carbonyl (C=O) groups is 1. The molecule has 0 radical (unpaired) electrons. The topological polar surface area (TPSA) is 112 Å². The van der Waals surface area contributed by atoms with Crippen LogP contribution in [0.4, 0.5) is 5.82 Å². The largest absolute Gasteiger partial charge is 0.454 e. The number of thiazole rings is 1. The van der Waals surface area contributed by atoms with Crippen LogP contribution in [0.15, 0.2) is 47.4 Å². The molecule has 11 heteroatoms. The van der Waals surface area contributed by atoms with Crippen molar-refractivity contribution in [3.63, 3.8) is 0 Å². The summed E-state index contributed by atoms with van der Waals surface area (Å²) in [6.45, 7) is 2.03. The van der Waals surface area contributed by atoms with Gasteiger partial charge in [0.1, 0.15) is 5.82 Å². The fourth-order valence-electron chi connectivity index (χ4n) is 3.36. The summed E-state index contributed by atoms with van der Waals surface area (Å²) in [6, 6.07) is 11.7. The molecular formula is C21H18N4O5S2. The van der Waals surface area contributed by atoms with Crippen molar-refractivity contribution in [3.05, 3.63) is 53.7 Å². The zero-order valence-electron chi connectivity index (χ0n) is 17.2. The fourth-order valence-corrected chi connectivity index (χ4v) is 4.93. The molecule has 0 spiro atoms. The van der Waals surface area contributed by atoms with Gasteiger partial charge in [-0.2, -0.15) is 9.78 Å². The van der Waals surface area contributed by atoms with Crippen LogP contribution in [0.5, 0.6) is 11.5 Å². The number of nitrogens with zero attached hydrogens (tertiary/aromatic N) is 3. The molecule has 2 aromatic heterocycles. The number of benzene rings is 2. The van der Waals surface area contributed by atoms with Crippen LogP contribution in [0.25, 0.3) is 15.3 Å². The van der Waals surface area contributed by atoms with Crippen LogP contribution in [-0.4, -0.2) is 42.1 Å². The first-order valence-electron chi connectivity index (χ1n) is 9.62. The molecule has 5 rings (SSSR count). The first-order chi connectivity index (χ1) is 15.3. The van der Waals surface area contributed by atoms with Crippen LogP contribution in [0.3, 0.4) is 0 Å². The molecule has 4 aromatic rings. The number of ether oxygens (including phenoxy) is 2. The standard InChI is InChI=1S/C21H18N4O5S2/c1-12-7-19(23-20(26)8-13-3-5-14(6-4-13)32(2,27)28)25(24-12)21-22-15-9-16-17(30-11-29-16)10-18(15)31-21/h3-7,9-10H,8,11H2,1-2H3,(H,23,26). The molecule has 0 fully saturated rings. The molecule has 0 unspecified atom stereocenters. The van der Waals surface area contributed by atoms with E-state index in [1.165, 1.54) is 23.5 Å². The molecule has 0 bridgehead atoms. The van der Waals surface area contributed by atoms with Crippen molar-refractivity contribution in [1.82, 2.24) is 14.8 Å². The summed E-state index contributed by atoms with van der Waals surface area (Å²) in [4.78, 5) is 17.5.